The van der Waals surface area contributed by atoms with Gasteiger partial charge in [0.15, 0.2) is 0 Å². The molecule has 2 aliphatic heterocycles. The number of carbonyl (C=O) groups is 3. The summed E-state index contributed by atoms with van der Waals surface area (Å²) in [5, 5.41) is 3.16. The fourth-order valence-corrected chi connectivity index (χ4v) is 2.35. The van der Waals surface area contributed by atoms with Crippen molar-refractivity contribution in [2.45, 2.75) is 19.8 Å². The third kappa shape index (κ3) is 2.87. The van der Waals surface area contributed by atoms with Gasteiger partial charge in [-0.05, 0) is 5.92 Å². The summed E-state index contributed by atoms with van der Waals surface area (Å²) in [4.78, 5) is 38.3. The largest absolute Gasteiger partial charge is 0.339 e. The topological polar surface area (TPSA) is 69.7 Å². The van der Waals surface area contributed by atoms with Crippen molar-refractivity contribution in [1.29, 1.82) is 0 Å². The molecule has 2 heterocycles. The Morgan fingerprint density at radius 3 is 2.33 bits per heavy atom. The standard InChI is InChI=1S/C12H19N3O3/c1-9-6-10(16)15(11(17)7-9)8-12(18)14-4-2-13-3-5-14/h9,13H,2-8H2,1H3. The van der Waals surface area contributed by atoms with Crippen LogP contribution in [0.1, 0.15) is 19.8 Å². The van der Waals surface area contributed by atoms with E-state index < -0.39 is 0 Å². The van der Waals surface area contributed by atoms with E-state index in [2.05, 4.69) is 5.32 Å². The van der Waals surface area contributed by atoms with Crippen LogP contribution in [-0.4, -0.2) is 60.2 Å². The van der Waals surface area contributed by atoms with Gasteiger partial charge in [-0.15, -0.1) is 0 Å². The van der Waals surface area contributed by atoms with Crippen molar-refractivity contribution in [3.63, 3.8) is 0 Å². The molecule has 3 amide bonds. The summed E-state index contributed by atoms with van der Waals surface area (Å²) in [6.07, 6.45) is 0.723. The predicted molar refractivity (Wildman–Crippen MR) is 64.6 cm³/mol. The van der Waals surface area contributed by atoms with Crippen molar-refractivity contribution in [2.75, 3.05) is 32.7 Å². The first-order valence-corrected chi connectivity index (χ1v) is 6.39. The molecule has 0 aromatic heterocycles. The number of hydrogen-bond acceptors (Lipinski definition) is 4. The Morgan fingerprint density at radius 2 is 1.78 bits per heavy atom. The molecule has 2 fully saturated rings. The lowest BCUT2D eigenvalue weighted by atomic mass is 9.98. The van der Waals surface area contributed by atoms with Crippen LogP contribution in [0.4, 0.5) is 0 Å². The smallest absolute Gasteiger partial charge is 0.242 e. The fourth-order valence-electron chi connectivity index (χ4n) is 2.35. The van der Waals surface area contributed by atoms with E-state index in [1.165, 1.54) is 0 Å². The van der Waals surface area contributed by atoms with Gasteiger partial charge in [0.25, 0.3) is 0 Å². The van der Waals surface area contributed by atoms with Gasteiger partial charge in [0.1, 0.15) is 6.54 Å². The lowest BCUT2D eigenvalue weighted by molar-refractivity contribution is -0.154. The van der Waals surface area contributed by atoms with Gasteiger partial charge in [0.2, 0.25) is 17.7 Å². The molecular formula is C12H19N3O3. The number of hydrogen-bond donors (Lipinski definition) is 1. The first kappa shape index (κ1) is 13.0. The molecule has 0 unspecified atom stereocenters. The molecule has 0 spiro atoms. The second-order valence-electron chi connectivity index (χ2n) is 5.02. The number of imide groups is 1. The molecular weight excluding hydrogens is 234 g/mol. The van der Waals surface area contributed by atoms with E-state index in [0.717, 1.165) is 18.0 Å². The van der Waals surface area contributed by atoms with Crippen molar-refractivity contribution < 1.29 is 14.4 Å². The summed E-state index contributed by atoms with van der Waals surface area (Å²) in [6, 6.07) is 0. The van der Waals surface area contributed by atoms with Crippen LogP contribution in [0.15, 0.2) is 0 Å². The van der Waals surface area contributed by atoms with E-state index in [9.17, 15) is 14.4 Å². The van der Waals surface area contributed by atoms with E-state index in [-0.39, 0.29) is 30.2 Å². The molecule has 0 aromatic carbocycles. The highest BCUT2D eigenvalue weighted by molar-refractivity contribution is 6.01. The van der Waals surface area contributed by atoms with Gasteiger partial charge in [-0.2, -0.15) is 0 Å². The average Bonchev–Trinajstić information content (AvgIpc) is 2.34. The van der Waals surface area contributed by atoms with Gasteiger partial charge in [-0.1, -0.05) is 6.92 Å². The van der Waals surface area contributed by atoms with Gasteiger partial charge in [0.05, 0.1) is 0 Å². The Morgan fingerprint density at radius 1 is 1.22 bits per heavy atom. The minimum Gasteiger partial charge on any atom is -0.339 e. The highest BCUT2D eigenvalue weighted by atomic mass is 16.2. The molecule has 6 heteroatoms. The number of nitrogens with zero attached hydrogens (tertiary/aromatic N) is 2. The molecule has 18 heavy (non-hydrogen) atoms. The van der Waals surface area contributed by atoms with Gasteiger partial charge in [0, 0.05) is 39.0 Å². The van der Waals surface area contributed by atoms with Crippen molar-refractivity contribution in [3.05, 3.63) is 0 Å². The maximum Gasteiger partial charge on any atom is 0.242 e. The summed E-state index contributed by atoms with van der Waals surface area (Å²) in [7, 11) is 0. The molecule has 0 radical (unpaired) electrons. The predicted octanol–water partition coefficient (Wildman–Crippen LogP) is -0.797. The molecule has 0 atom stereocenters. The Labute approximate surface area is 106 Å². The molecule has 0 aliphatic carbocycles. The van der Waals surface area contributed by atoms with Gasteiger partial charge >= 0.3 is 0 Å². The monoisotopic (exact) mass is 253 g/mol. The van der Waals surface area contributed by atoms with E-state index in [1.807, 2.05) is 6.92 Å². The summed E-state index contributed by atoms with van der Waals surface area (Å²) < 4.78 is 0. The Bertz CT molecular complexity index is 346. The Balaban J connectivity index is 1.93. The van der Waals surface area contributed by atoms with Crippen molar-refractivity contribution in [3.8, 4) is 0 Å². The van der Waals surface area contributed by atoms with Crippen LogP contribution < -0.4 is 5.32 Å². The molecule has 2 saturated heterocycles. The average molecular weight is 253 g/mol. The zero-order valence-electron chi connectivity index (χ0n) is 10.6. The van der Waals surface area contributed by atoms with E-state index in [1.54, 1.807) is 4.90 Å². The fraction of sp³-hybridized carbons (Fsp3) is 0.750. The number of rotatable bonds is 2. The van der Waals surface area contributed by atoms with Crippen molar-refractivity contribution >= 4 is 17.7 Å². The van der Waals surface area contributed by atoms with E-state index in [0.29, 0.717) is 25.9 Å². The Kier molecular flexibility index (Phi) is 3.96. The molecule has 2 aliphatic rings. The zero-order chi connectivity index (χ0) is 13.1. The molecule has 2 rings (SSSR count). The molecule has 1 N–H and O–H groups in total. The van der Waals surface area contributed by atoms with Crippen molar-refractivity contribution in [2.24, 2.45) is 5.92 Å². The van der Waals surface area contributed by atoms with E-state index >= 15 is 0 Å². The van der Waals surface area contributed by atoms with Crippen molar-refractivity contribution in [1.82, 2.24) is 15.1 Å². The van der Waals surface area contributed by atoms with Gasteiger partial charge in [-0.25, -0.2) is 0 Å². The maximum atomic E-state index is 12.0. The van der Waals surface area contributed by atoms with Crippen LogP contribution in [0, 0.1) is 5.92 Å². The highest BCUT2D eigenvalue weighted by Crippen LogP contribution is 2.18. The zero-order valence-corrected chi connectivity index (χ0v) is 10.6. The molecule has 0 bridgehead atoms. The Hall–Kier alpha value is -1.43. The van der Waals surface area contributed by atoms with Crippen LogP contribution in [-0.2, 0) is 14.4 Å². The van der Waals surface area contributed by atoms with E-state index in [4.69, 9.17) is 0 Å². The molecule has 0 aromatic rings. The molecule has 0 saturated carbocycles. The summed E-state index contributed by atoms with van der Waals surface area (Å²) in [5.74, 6) is -0.479. The summed E-state index contributed by atoms with van der Waals surface area (Å²) in [5.41, 5.74) is 0. The lowest BCUT2D eigenvalue weighted by Gasteiger charge is -2.32. The minimum atomic E-state index is -0.220. The SMILES string of the molecule is CC1CC(=O)N(CC(=O)N2CCNCC2)C(=O)C1. The van der Waals surface area contributed by atoms with Crippen LogP contribution in [0.3, 0.4) is 0 Å². The van der Waals surface area contributed by atoms with Gasteiger partial charge in [-0.3, -0.25) is 19.3 Å². The normalized spacial score (nSPS) is 22.5. The van der Waals surface area contributed by atoms with Gasteiger partial charge < -0.3 is 10.2 Å². The number of likely N-dealkylation sites (tertiary alicyclic amines) is 1. The van der Waals surface area contributed by atoms with Crippen LogP contribution in [0.2, 0.25) is 0 Å². The number of nitrogens with one attached hydrogen (secondary N) is 1. The minimum absolute atomic E-state index is 0.0929. The van der Waals surface area contributed by atoms with Crippen LogP contribution in [0.25, 0.3) is 0 Å². The first-order chi connectivity index (χ1) is 8.58. The molecule has 100 valence electrons. The van der Waals surface area contributed by atoms with Crippen LogP contribution >= 0.6 is 0 Å². The summed E-state index contributed by atoms with van der Waals surface area (Å²) >= 11 is 0. The number of amides is 3. The highest BCUT2D eigenvalue weighted by Gasteiger charge is 2.32. The lowest BCUT2D eigenvalue weighted by Crippen LogP contribution is -2.52. The third-order valence-electron chi connectivity index (χ3n) is 3.41. The third-order valence-corrected chi connectivity index (χ3v) is 3.41. The summed E-state index contributed by atoms with van der Waals surface area (Å²) in [6.45, 7) is 4.61. The number of piperidine rings is 1. The maximum absolute atomic E-state index is 12.0. The number of piperazine rings is 1. The second-order valence-corrected chi connectivity index (χ2v) is 5.02. The molecule has 6 nitrogen and oxygen atoms in total. The quantitative estimate of drug-likeness (QED) is 0.654. The number of carbonyl (C=O) groups excluding carboxylic acids is 3. The van der Waals surface area contributed by atoms with Crippen LogP contribution in [0.5, 0.6) is 0 Å². The second kappa shape index (κ2) is 5.48. The first-order valence-electron chi connectivity index (χ1n) is 6.39.